The van der Waals surface area contributed by atoms with Gasteiger partial charge in [-0.3, -0.25) is 4.79 Å². The van der Waals surface area contributed by atoms with Gasteiger partial charge in [0.2, 0.25) is 0 Å². The minimum atomic E-state index is -0.388. The highest BCUT2D eigenvalue weighted by atomic mass is 35.5. The van der Waals surface area contributed by atoms with Gasteiger partial charge in [-0.1, -0.05) is 59.6 Å². The van der Waals surface area contributed by atoms with Crippen LogP contribution in [0.3, 0.4) is 0 Å². The molecule has 0 fully saturated rings. The van der Waals surface area contributed by atoms with E-state index in [1.165, 1.54) is 0 Å². The molecule has 0 spiro atoms. The van der Waals surface area contributed by atoms with Gasteiger partial charge in [0.15, 0.2) is 11.5 Å². The number of para-hydroxylation sites is 1. The predicted octanol–water partition coefficient (Wildman–Crippen LogP) is 7.31. The second kappa shape index (κ2) is 13.5. The molecule has 0 aliphatic heterocycles. The summed E-state index contributed by atoms with van der Waals surface area (Å²) in [5, 5.41) is 5.44. The molecule has 1 N–H and O–H groups in total. The molecule has 4 rings (SSSR count). The number of carbonyl (C=O) groups is 1. The summed E-state index contributed by atoms with van der Waals surface area (Å²) in [6.45, 7) is 3.05. The number of hydrazone groups is 1. The highest BCUT2D eigenvalue weighted by Gasteiger charge is 2.12. The average Bonchev–Trinajstić information content (AvgIpc) is 2.93. The molecule has 0 aliphatic carbocycles. The quantitative estimate of drug-likeness (QED) is 0.157. The van der Waals surface area contributed by atoms with E-state index in [-0.39, 0.29) is 5.91 Å². The van der Waals surface area contributed by atoms with Gasteiger partial charge in [0, 0.05) is 10.0 Å². The predicted molar refractivity (Wildman–Crippen MR) is 151 cm³/mol. The molecule has 4 aromatic carbocycles. The summed E-state index contributed by atoms with van der Waals surface area (Å²) in [6, 6.07) is 27.2. The summed E-state index contributed by atoms with van der Waals surface area (Å²) in [5.74, 6) is 1.25. The molecule has 6 nitrogen and oxygen atoms in total. The van der Waals surface area contributed by atoms with E-state index in [9.17, 15) is 4.79 Å². The Morgan fingerprint density at radius 3 is 2.00 bits per heavy atom. The molecule has 0 radical (unpaired) electrons. The van der Waals surface area contributed by atoms with Crippen LogP contribution in [-0.2, 0) is 13.2 Å². The third-order valence-electron chi connectivity index (χ3n) is 5.39. The Morgan fingerprint density at radius 1 is 0.763 bits per heavy atom. The van der Waals surface area contributed by atoms with Gasteiger partial charge >= 0.3 is 0 Å². The molecular formula is C30H26Cl2N2O4. The Morgan fingerprint density at radius 2 is 1.37 bits per heavy atom. The molecule has 0 aliphatic rings. The van der Waals surface area contributed by atoms with Crippen LogP contribution in [0.25, 0.3) is 0 Å². The second-order valence-electron chi connectivity index (χ2n) is 8.16. The first-order valence-corrected chi connectivity index (χ1v) is 12.7. The lowest BCUT2D eigenvalue weighted by Gasteiger charge is -2.13. The Kier molecular flexibility index (Phi) is 9.62. The fraction of sp³-hybridized carbons (Fsp3) is 0.133. The fourth-order valence-corrected chi connectivity index (χ4v) is 3.73. The number of amides is 1. The van der Waals surface area contributed by atoms with Crippen molar-refractivity contribution in [2.24, 2.45) is 5.10 Å². The zero-order valence-corrected chi connectivity index (χ0v) is 22.2. The Hall–Kier alpha value is -4.00. The molecule has 0 heterocycles. The molecule has 4 aromatic rings. The molecule has 0 unspecified atom stereocenters. The van der Waals surface area contributed by atoms with Crippen molar-refractivity contribution < 1.29 is 19.0 Å². The van der Waals surface area contributed by atoms with Crippen molar-refractivity contribution in [3.05, 3.63) is 123 Å². The number of halogens is 2. The normalized spacial score (nSPS) is 10.8. The van der Waals surface area contributed by atoms with Crippen LogP contribution in [0.4, 0.5) is 0 Å². The first-order chi connectivity index (χ1) is 18.5. The lowest BCUT2D eigenvalue weighted by Crippen LogP contribution is -2.18. The van der Waals surface area contributed by atoms with Crippen LogP contribution in [0.15, 0.2) is 96.1 Å². The van der Waals surface area contributed by atoms with Gasteiger partial charge in [-0.25, -0.2) is 5.43 Å². The number of hydrogen-bond acceptors (Lipinski definition) is 5. The van der Waals surface area contributed by atoms with Crippen molar-refractivity contribution in [1.82, 2.24) is 5.43 Å². The minimum Gasteiger partial charge on any atom is -0.490 e. The molecule has 0 saturated heterocycles. The van der Waals surface area contributed by atoms with E-state index in [1.54, 1.807) is 42.6 Å². The van der Waals surface area contributed by atoms with Crippen LogP contribution in [0.2, 0.25) is 10.0 Å². The highest BCUT2D eigenvalue weighted by Crippen LogP contribution is 2.29. The van der Waals surface area contributed by atoms with Gasteiger partial charge in [-0.15, -0.1) is 0 Å². The molecule has 0 atom stereocenters. The topological polar surface area (TPSA) is 69.2 Å². The van der Waals surface area contributed by atoms with E-state index in [0.29, 0.717) is 52.7 Å². The molecule has 1 amide bonds. The summed E-state index contributed by atoms with van der Waals surface area (Å²) in [5.41, 5.74) is 5.60. The van der Waals surface area contributed by atoms with Crippen LogP contribution in [0.1, 0.15) is 34.0 Å². The standard InChI is InChI=1S/C30H26Cl2N2O4/c1-2-36-29-17-23(11-16-28(29)38-20-22-9-14-25(32)15-10-22)18-33-34-30(35)26-5-3-4-6-27(26)37-19-21-7-12-24(31)13-8-21/h3-18H,2,19-20H2,1H3,(H,34,35)/b33-18-. The summed E-state index contributed by atoms with van der Waals surface area (Å²) < 4.78 is 17.6. The number of carbonyl (C=O) groups excluding carboxylic acids is 1. The summed E-state index contributed by atoms with van der Waals surface area (Å²) in [7, 11) is 0. The van der Waals surface area contributed by atoms with E-state index in [4.69, 9.17) is 37.4 Å². The Labute approximate surface area is 231 Å². The van der Waals surface area contributed by atoms with Crippen LogP contribution in [-0.4, -0.2) is 18.7 Å². The maximum atomic E-state index is 12.8. The SMILES string of the molecule is CCOc1cc(/C=N\NC(=O)c2ccccc2OCc2ccc(Cl)cc2)ccc1OCc1ccc(Cl)cc1. The van der Waals surface area contributed by atoms with E-state index in [2.05, 4.69) is 10.5 Å². The number of benzene rings is 4. The number of ether oxygens (including phenoxy) is 3. The van der Waals surface area contributed by atoms with Crippen LogP contribution in [0.5, 0.6) is 17.2 Å². The van der Waals surface area contributed by atoms with Gasteiger partial charge in [-0.05, 0) is 78.2 Å². The fourth-order valence-electron chi connectivity index (χ4n) is 3.48. The molecule has 0 aromatic heterocycles. The average molecular weight is 549 g/mol. The van der Waals surface area contributed by atoms with E-state index in [1.807, 2.05) is 61.5 Å². The van der Waals surface area contributed by atoms with Crippen molar-refractivity contribution in [3.63, 3.8) is 0 Å². The van der Waals surface area contributed by atoms with Crippen molar-refractivity contribution >= 4 is 35.3 Å². The first-order valence-electron chi connectivity index (χ1n) is 12.0. The van der Waals surface area contributed by atoms with Gasteiger partial charge < -0.3 is 14.2 Å². The van der Waals surface area contributed by atoms with Gasteiger partial charge in [0.25, 0.3) is 5.91 Å². The third kappa shape index (κ3) is 7.75. The van der Waals surface area contributed by atoms with E-state index >= 15 is 0 Å². The van der Waals surface area contributed by atoms with Gasteiger partial charge in [0.05, 0.1) is 18.4 Å². The second-order valence-corrected chi connectivity index (χ2v) is 9.04. The van der Waals surface area contributed by atoms with E-state index < -0.39 is 0 Å². The van der Waals surface area contributed by atoms with Crippen LogP contribution in [0, 0.1) is 0 Å². The lowest BCUT2D eigenvalue weighted by atomic mass is 10.2. The molecular weight excluding hydrogens is 523 g/mol. The van der Waals surface area contributed by atoms with Gasteiger partial charge in [0.1, 0.15) is 19.0 Å². The number of hydrogen-bond donors (Lipinski definition) is 1. The first kappa shape index (κ1) is 27.0. The number of rotatable bonds is 11. The van der Waals surface area contributed by atoms with Crippen molar-refractivity contribution in [2.75, 3.05) is 6.61 Å². The van der Waals surface area contributed by atoms with Crippen LogP contribution < -0.4 is 19.6 Å². The van der Waals surface area contributed by atoms with Crippen molar-refractivity contribution in [1.29, 1.82) is 0 Å². The highest BCUT2D eigenvalue weighted by molar-refractivity contribution is 6.30. The van der Waals surface area contributed by atoms with Crippen molar-refractivity contribution in [2.45, 2.75) is 20.1 Å². The smallest absolute Gasteiger partial charge is 0.275 e. The molecule has 194 valence electrons. The molecule has 8 heteroatoms. The zero-order valence-electron chi connectivity index (χ0n) is 20.7. The monoisotopic (exact) mass is 548 g/mol. The molecule has 0 bridgehead atoms. The summed E-state index contributed by atoms with van der Waals surface area (Å²) in [6.07, 6.45) is 1.54. The van der Waals surface area contributed by atoms with Gasteiger partial charge in [-0.2, -0.15) is 5.10 Å². The third-order valence-corrected chi connectivity index (χ3v) is 5.90. The van der Waals surface area contributed by atoms with Crippen LogP contribution >= 0.6 is 23.2 Å². The molecule has 38 heavy (non-hydrogen) atoms. The van der Waals surface area contributed by atoms with E-state index in [0.717, 1.165) is 16.7 Å². The Bertz CT molecular complexity index is 1390. The lowest BCUT2D eigenvalue weighted by molar-refractivity contribution is 0.0950. The number of nitrogens with one attached hydrogen (secondary N) is 1. The number of nitrogens with zero attached hydrogens (tertiary/aromatic N) is 1. The van der Waals surface area contributed by atoms with Crippen molar-refractivity contribution in [3.8, 4) is 17.2 Å². The summed E-state index contributed by atoms with van der Waals surface area (Å²) >= 11 is 11.9. The largest absolute Gasteiger partial charge is 0.490 e. The maximum absolute atomic E-state index is 12.8. The molecule has 0 saturated carbocycles. The summed E-state index contributed by atoms with van der Waals surface area (Å²) in [4.78, 5) is 12.8. The Balaban J connectivity index is 1.38. The zero-order chi connectivity index (χ0) is 26.7. The maximum Gasteiger partial charge on any atom is 0.275 e. The minimum absolute atomic E-state index is 0.303.